The van der Waals surface area contributed by atoms with E-state index in [-0.39, 0.29) is 23.2 Å². The molecule has 1 saturated heterocycles. The first-order valence-electron chi connectivity index (χ1n) is 12.1. The Kier molecular flexibility index (Phi) is 6.39. The number of morpholine rings is 1. The zero-order valence-corrected chi connectivity index (χ0v) is 19.7. The normalized spacial score (nSPS) is 18.6. The summed E-state index contributed by atoms with van der Waals surface area (Å²) in [5.74, 6) is 0.702. The van der Waals surface area contributed by atoms with E-state index in [0.717, 1.165) is 50.6 Å². The highest BCUT2D eigenvalue weighted by molar-refractivity contribution is 5.99. The Hall–Kier alpha value is -3.16. The van der Waals surface area contributed by atoms with Crippen LogP contribution < -0.4 is 15.1 Å². The molecule has 5 rings (SSSR count). The fourth-order valence-corrected chi connectivity index (χ4v) is 4.95. The molecule has 1 N–H and O–H groups in total. The Morgan fingerprint density at radius 3 is 2.53 bits per heavy atom. The van der Waals surface area contributed by atoms with Gasteiger partial charge in [0, 0.05) is 13.0 Å². The van der Waals surface area contributed by atoms with Gasteiger partial charge < -0.3 is 23.7 Å². The van der Waals surface area contributed by atoms with Gasteiger partial charge in [0.2, 0.25) is 5.76 Å². The first kappa shape index (κ1) is 22.6. The van der Waals surface area contributed by atoms with E-state index >= 15 is 0 Å². The maximum absolute atomic E-state index is 13.5. The van der Waals surface area contributed by atoms with Crippen molar-refractivity contribution in [1.82, 2.24) is 4.90 Å². The zero-order valence-electron chi connectivity index (χ0n) is 19.7. The molecule has 1 atom stereocenters. The highest BCUT2D eigenvalue weighted by atomic mass is 16.5. The van der Waals surface area contributed by atoms with E-state index in [1.165, 1.54) is 4.90 Å². The zero-order chi connectivity index (χ0) is 23.7. The van der Waals surface area contributed by atoms with Crippen molar-refractivity contribution in [2.45, 2.75) is 32.4 Å². The topological polar surface area (TPSA) is 73.4 Å². The van der Waals surface area contributed by atoms with Crippen molar-refractivity contribution >= 4 is 16.9 Å². The van der Waals surface area contributed by atoms with Crippen molar-refractivity contribution in [2.24, 2.45) is 0 Å². The highest BCUT2D eigenvalue weighted by Crippen LogP contribution is 2.38. The third-order valence-electron chi connectivity index (χ3n) is 6.57. The summed E-state index contributed by atoms with van der Waals surface area (Å²) in [5.41, 5.74) is 1.61. The number of fused-ring (bicyclic) bond motifs is 2. The summed E-state index contributed by atoms with van der Waals surface area (Å²) in [6.07, 6.45) is 0.908. The Morgan fingerprint density at radius 1 is 1.06 bits per heavy atom. The van der Waals surface area contributed by atoms with Gasteiger partial charge in [0.05, 0.1) is 42.9 Å². The Morgan fingerprint density at radius 2 is 1.79 bits per heavy atom. The number of nitrogens with one attached hydrogen (secondary N) is 1. The Balaban J connectivity index is 1.50. The molecule has 0 saturated carbocycles. The molecule has 3 aromatic rings. The SMILES string of the molecule is CC(C)Oc1ccc([C@H]2c3c(oc4ccccc4c3=O)C(=O)N2CCC[NH+]2CCOCC2)cc1. The lowest BCUT2D eigenvalue weighted by atomic mass is 9.98. The van der Waals surface area contributed by atoms with Gasteiger partial charge in [-0.25, -0.2) is 0 Å². The third kappa shape index (κ3) is 4.33. The van der Waals surface area contributed by atoms with E-state index in [4.69, 9.17) is 13.9 Å². The van der Waals surface area contributed by atoms with Gasteiger partial charge in [-0.2, -0.15) is 0 Å². The molecule has 0 radical (unpaired) electrons. The van der Waals surface area contributed by atoms with Crippen LogP contribution in [-0.2, 0) is 4.74 Å². The molecule has 2 aromatic carbocycles. The highest BCUT2D eigenvalue weighted by Gasteiger charge is 2.42. The third-order valence-corrected chi connectivity index (χ3v) is 6.57. The molecule has 1 amide bonds. The lowest BCUT2D eigenvalue weighted by Gasteiger charge is -2.27. The number of nitrogens with zero attached hydrogens (tertiary/aromatic N) is 1. The van der Waals surface area contributed by atoms with E-state index < -0.39 is 6.04 Å². The molecule has 2 aliphatic rings. The maximum atomic E-state index is 13.5. The molecule has 0 aliphatic carbocycles. The van der Waals surface area contributed by atoms with Crippen LogP contribution in [-0.4, -0.2) is 56.3 Å². The molecule has 178 valence electrons. The number of hydrogen-bond acceptors (Lipinski definition) is 5. The standard InChI is InChI=1S/C27H30N2O5/c1-18(2)33-20-10-8-19(9-11-20)24-23-25(30)21-6-3-4-7-22(21)34-26(23)27(31)29(24)13-5-12-28-14-16-32-17-15-28/h3-4,6-11,18,24H,5,12-17H2,1-2H3/p+1/t24-/m0/s1. The largest absolute Gasteiger partial charge is 0.491 e. The molecule has 2 aliphatic heterocycles. The molecule has 7 heteroatoms. The molecule has 34 heavy (non-hydrogen) atoms. The summed E-state index contributed by atoms with van der Waals surface area (Å²) in [6.45, 7) is 9.01. The van der Waals surface area contributed by atoms with Gasteiger partial charge in [-0.05, 0) is 43.7 Å². The molecule has 3 heterocycles. The second-order valence-electron chi connectivity index (χ2n) is 9.27. The molecular formula is C27H31N2O5+. The van der Waals surface area contributed by atoms with Crippen LogP contribution in [0.2, 0.25) is 0 Å². The fraction of sp³-hybridized carbons (Fsp3) is 0.407. The van der Waals surface area contributed by atoms with Crippen molar-refractivity contribution < 1.29 is 23.6 Å². The van der Waals surface area contributed by atoms with Crippen molar-refractivity contribution in [2.75, 3.05) is 39.4 Å². The minimum atomic E-state index is -0.476. The van der Waals surface area contributed by atoms with Crippen LogP contribution in [0.3, 0.4) is 0 Å². The van der Waals surface area contributed by atoms with Crippen LogP contribution >= 0.6 is 0 Å². The van der Waals surface area contributed by atoms with Crippen molar-refractivity contribution in [3.63, 3.8) is 0 Å². The number of hydrogen-bond donors (Lipinski definition) is 1. The van der Waals surface area contributed by atoms with Crippen LogP contribution in [0.15, 0.2) is 57.7 Å². The van der Waals surface area contributed by atoms with E-state index in [1.54, 1.807) is 17.0 Å². The summed E-state index contributed by atoms with van der Waals surface area (Å²) in [4.78, 5) is 30.3. The Bertz CT molecular complexity index is 1230. The molecule has 0 bridgehead atoms. The monoisotopic (exact) mass is 463 g/mol. The quantitative estimate of drug-likeness (QED) is 0.583. The van der Waals surface area contributed by atoms with Crippen molar-refractivity contribution in [3.8, 4) is 5.75 Å². The summed E-state index contributed by atoms with van der Waals surface area (Å²) in [7, 11) is 0. The molecule has 7 nitrogen and oxygen atoms in total. The van der Waals surface area contributed by atoms with Crippen molar-refractivity contribution in [3.05, 3.63) is 75.6 Å². The number of amides is 1. The number of rotatable bonds is 7. The second kappa shape index (κ2) is 9.60. The van der Waals surface area contributed by atoms with Gasteiger partial charge in [0.15, 0.2) is 5.43 Å². The van der Waals surface area contributed by atoms with Crippen molar-refractivity contribution in [1.29, 1.82) is 0 Å². The van der Waals surface area contributed by atoms with Gasteiger partial charge in [-0.15, -0.1) is 0 Å². The van der Waals surface area contributed by atoms with Gasteiger partial charge >= 0.3 is 0 Å². The number of carbonyl (C=O) groups excluding carboxylic acids is 1. The predicted octanol–water partition coefficient (Wildman–Crippen LogP) is 2.43. The minimum absolute atomic E-state index is 0.0669. The number of carbonyl (C=O) groups is 1. The number of para-hydroxylation sites is 1. The number of ether oxygens (including phenoxy) is 2. The lowest BCUT2D eigenvalue weighted by Crippen LogP contribution is -3.14. The predicted molar refractivity (Wildman–Crippen MR) is 129 cm³/mol. The molecule has 0 unspecified atom stereocenters. The first-order chi connectivity index (χ1) is 16.5. The second-order valence-corrected chi connectivity index (χ2v) is 9.27. The van der Waals surface area contributed by atoms with E-state index in [9.17, 15) is 9.59 Å². The molecule has 1 fully saturated rings. The van der Waals surface area contributed by atoms with Gasteiger partial charge in [0.25, 0.3) is 5.91 Å². The maximum Gasteiger partial charge on any atom is 0.290 e. The molecule has 1 aromatic heterocycles. The Labute approximate surface area is 198 Å². The fourth-order valence-electron chi connectivity index (χ4n) is 4.95. The summed E-state index contributed by atoms with van der Waals surface area (Å²) in [6, 6.07) is 14.3. The van der Waals surface area contributed by atoms with Gasteiger partial charge in [-0.1, -0.05) is 24.3 Å². The number of benzene rings is 2. The number of quaternary nitrogens is 1. The average molecular weight is 464 g/mol. The molecular weight excluding hydrogens is 432 g/mol. The van der Waals surface area contributed by atoms with Crippen LogP contribution in [0.25, 0.3) is 11.0 Å². The summed E-state index contributed by atoms with van der Waals surface area (Å²) >= 11 is 0. The van der Waals surface area contributed by atoms with Crippen LogP contribution in [0.4, 0.5) is 0 Å². The lowest BCUT2D eigenvalue weighted by molar-refractivity contribution is -0.908. The van der Waals surface area contributed by atoms with Crippen LogP contribution in [0.1, 0.15) is 48.0 Å². The molecule has 0 spiro atoms. The minimum Gasteiger partial charge on any atom is -0.491 e. The summed E-state index contributed by atoms with van der Waals surface area (Å²) < 4.78 is 17.3. The van der Waals surface area contributed by atoms with Crippen LogP contribution in [0.5, 0.6) is 5.75 Å². The van der Waals surface area contributed by atoms with E-state index in [2.05, 4.69) is 0 Å². The smallest absolute Gasteiger partial charge is 0.290 e. The van der Waals surface area contributed by atoms with Crippen LogP contribution in [0, 0.1) is 0 Å². The van der Waals surface area contributed by atoms with Gasteiger partial charge in [-0.3, -0.25) is 9.59 Å². The summed E-state index contributed by atoms with van der Waals surface area (Å²) in [5, 5.41) is 0.499. The average Bonchev–Trinajstić information content (AvgIpc) is 3.12. The first-order valence-corrected chi connectivity index (χ1v) is 12.1. The van der Waals surface area contributed by atoms with E-state index in [0.29, 0.717) is 23.1 Å². The van der Waals surface area contributed by atoms with Gasteiger partial charge in [0.1, 0.15) is 24.4 Å². The van der Waals surface area contributed by atoms with E-state index in [1.807, 2.05) is 50.2 Å².